The first-order valence-corrected chi connectivity index (χ1v) is 6.33. The summed E-state index contributed by atoms with van der Waals surface area (Å²) in [6.07, 6.45) is 11.4. The second-order valence-corrected chi connectivity index (χ2v) is 4.70. The number of piperidine rings is 1. The lowest BCUT2D eigenvalue weighted by Crippen LogP contribution is -2.50. The van der Waals surface area contributed by atoms with Crippen LogP contribution in [0.5, 0.6) is 0 Å². The Hall–Kier alpha value is -0.830. The van der Waals surface area contributed by atoms with Crippen LogP contribution >= 0.6 is 0 Å². The summed E-state index contributed by atoms with van der Waals surface area (Å²) < 4.78 is 4.91. The Morgan fingerprint density at radius 2 is 2.19 bits per heavy atom. The van der Waals surface area contributed by atoms with Crippen LogP contribution in [0.25, 0.3) is 0 Å². The smallest absolute Gasteiger partial charge is 0.323 e. The Kier molecular flexibility index (Phi) is 3.99. The Morgan fingerprint density at radius 3 is 2.88 bits per heavy atom. The van der Waals surface area contributed by atoms with Gasteiger partial charge >= 0.3 is 5.97 Å². The normalized spacial score (nSPS) is 31.3. The number of rotatable bonds is 2. The first-order chi connectivity index (χ1) is 7.83. The van der Waals surface area contributed by atoms with E-state index >= 15 is 0 Å². The Balaban J connectivity index is 2.06. The third-order valence-corrected chi connectivity index (χ3v) is 3.67. The first kappa shape index (κ1) is 11.6. The van der Waals surface area contributed by atoms with E-state index in [0.717, 1.165) is 19.4 Å². The van der Waals surface area contributed by atoms with Crippen LogP contribution in [-0.2, 0) is 9.53 Å². The molecule has 1 aliphatic heterocycles. The van der Waals surface area contributed by atoms with Gasteiger partial charge in [0.25, 0.3) is 0 Å². The van der Waals surface area contributed by atoms with Gasteiger partial charge in [-0.05, 0) is 38.6 Å². The van der Waals surface area contributed by atoms with Crippen molar-refractivity contribution >= 4 is 5.97 Å². The van der Waals surface area contributed by atoms with E-state index in [2.05, 4.69) is 17.1 Å². The highest BCUT2D eigenvalue weighted by Gasteiger charge is 2.33. The SMILES string of the molecule is COC(=O)[C@H]1CCCCN1C1C=CCCC1. The molecule has 2 atom stereocenters. The Morgan fingerprint density at radius 1 is 1.31 bits per heavy atom. The molecule has 0 aromatic rings. The van der Waals surface area contributed by atoms with Crippen LogP contribution in [0.1, 0.15) is 38.5 Å². The number of methoxy groups -OCH3 is 1. The molecule has 0 amide bonds. The van der Waals surface area contributed by atoms with E-state index < -0.39 is 0 Å². The summed E-state index contributed by atoms with van der Waals surface area (Å²) in [6.45, 7) is 1.04. The lowest BCUT2D eigenvalue weighted by Gasteiger charge is -2.39. The number of carbonyl (C=O) groups excluding carboxylic acids is 1. The molecule has 0 radical (unpaired) electrons. The van der Waals surface area contributed by atoms with Crippen molar-refractivity contribution in [3.05, 3.63) is 12.2 Å². The molecule has 1 unspecified atom stereocenters. The highest BCUT2D eigenvalue weighted by molar-refractivity contribution is 5.75. The number of ether oxygens (including phenoxy) is 1. The molecule has 90 valence electrons. The molecule has 16 heavy (non-hydrogen) atoms. The van der Waals surface area contributed by atoms with E-state index in [0.29, 0.717) is 6.04 Å². The number of likely N-dealkylation sites (tertiary alicyclic amines) is 1. The zero-order chi connectivity index (χ0) is 11.4. The average Bonchev–Trinajstić information content (AvgIpc) is 2.39. The zero-order valence-electron chi connectivity index (χ0n) is 10.0. The molecule has 2 rings (SSSR count). The molecule has 0 aromatic heterocycles. The van der Waals surface area contributed by atoms with Crippen molar-refractivity contribution in [2.75, 3.05) is 13.7 Å². The topological polar surface area (TPSA) is 29.5 Å². The van der Waals surface area contributed by atoms with E-state index in [1.54, 1.807) is 0 Å². The van der Waals surface area contributed by atoms with Gasteiger partial charge in [0.05, 0.1) is 7.11 Å². The summed E-state index contributed by atoms with van der Waals surface area (Å²) in [5.74, 6) is -0.0568. The monoisotopic (exact) mass is 223 g/mol. The van der Waals surface area contributed by atoms with Crippen molar-refractivity contribution in [2.45, 2.75) is 50.6 Å². The van der Waals surface area contributed by atoms with Crippen LogP contribution in [-0.4, -0.2) is 36.6 Å². The number of hydrogen-bond donors (Lipinski definition) is 0. The van der Waals surface area contributed by atoms with Crippen molar-refractivity contribution in [3.8, 4) is 0 Å². The highest BCUT2D eigenvalue weighted by Crippen LogP contribution is 2.25. The molecule has 1 heterocycles. The summed E-state index contributed by atoms with van der Waals surface area (Å²) in [5.41, 5.74) is 0. The van der Waals surface area contributed by atoms with Gasteiger partial charge in [-0.25, -0.2) is 0 Å². The first-order valence-electron chi connectivity index (χ1n) is 6.33. The van der Waals surface area contributed by atoms with Gasteiger partial charge in [0, 0.05) is 6.04 Å². The van der Waals surface area contributed by atoms with E-state index in [4.69, 9.17) is 4.74 Å². The van der Waals surface area contributed by atoms with Crippen molar-refractivity contribution < 1.29 is 9.53 Å². The van der Waals surface area contributed by atoms with Gasteiger partial charge in [-0.15, -0.1) is 0 Å². The fourth-order valence-corrected chi connectivity index (χ4v) is 2.81. The summed E-state index contributed by atoms with van der Waals surface area (Å²) in [5, 5.41) is 0. The molecule has 1 saturated heterocycles. The largest absolute Gasteiger partial charge is 0.468 e. The molecule has 2 aliphatic rings. The number of allylic oxidation sites excluding steroid dienone is 1. The fourth-order valence-electron chi connectivity index (χ4n) is 2.81. The highest BCUT2D eigenvalue weighted by atomic mass is 16.5. The quantitative estimate of drug-likeness (QED) is 0.530. The van der Waals surface area contributed by atoms with Crippen molar-refractivity contribution in [3.63, 3.8) is 0 Å². The maximum atomic E-state index is 11.7. The summed E-state index contributed by atoms with van der Waals surface area (Å²) >= 11 is 0. The van der Waals surface area contributed by atoms with Crippen LogP contribution in [0.2, 0.25) is 0 Å². The minimum atomic E-state index is -0.0568. The number of esters is 1. The minimum Gasteiger partial charge on any atom is -0.468 e. The number of hydrogen-bond acceptors (Lipinski definition) is 3. The van der Waals surface area contributed by atoms with Crippen molar-refractivity contribution in [1.82, 2.24) is 4.90 Å². The van der Waals surface area contributed by atoms with Crippen molar-refractivity contribution in [1.29, 1.82) is 0 Å². The average molecular weight is 223 g/mol. The molecule has 3 nitrogen and oxygen atoms in total. The molecule has 1 aliphatic carbocycles. The number of carbonyl (C=O) groups is 1. The third kappa shape index (κ3) is 2.46. The zero-order valence-corrected chi connectivity index (χ0v) is 10.0. The van der Waals surface area contributed by atoms with Gasteiger partial charge in [0.15, 0.2) is 0 Å². The standard InChI is InChI=1S/C13H21NO2/c1-16-13(15)12-9-5-6-10-14(12)11-7-3-2-4-8-11/h3,7,11-12H,2,4-6,8-10H2,1H3/t11?,12-/m1/s1. The maximum absolute atomic E-state index is 11.7. The third-order valence-electron chi connectivity index (χ3n) is 3.67. The maximum Gasteiger partial charge on any atom is 0.323 e. The molecule has 0 N–H and O–H groups in total. The van der Waals surface area contributed by atoms with E-state index in [9.17, 15) is 4.79 Å². The van der Waals surface area contributed by atoms with Crippen LogP contribution in [0, 0.1) is 0 Å². The predicted octanol–water partition coefficient (Wildman–Crippen LogP) is 2.12. The Bertz CT molecular complexity index is 275. The van der Waals surface area contributed by atoms with Crippen LogP contribution in [0.4, 0.5) is 0 Å². The summed E-state index contributed by atoms with van der Waals surface area (Å²) in [6, 6.07) is 0.449. The minimum absolute atomic E-state index is 0.00787. The van der Waals surface area contributed by atoms with Crippen LogP contribution < -0.4 is 0 Å². The molecule has 1 fully saturated rings. The summed E-state index contributed by atoms with van der Waals surface area (Å²) in [7, 11) is 1.49. The molecule has 0 saturated carbocycles. The molecule has 3 heteroatoms. The predicted molar refractivity (Wildman–Crippen MR) is 63.1 cm³/mol. The van der Waals surface area contributed by atoms with E-state index in [1.807, 2.05) is 0 Å². The molecule has 0 aromatic carbocycles. The van der Waals surface area contributed by atoms with E-state index in [1.165, 1.54) is 32.8 Å². The van der Waals surface area contributed by atoms with Gasteiger partial charge in [-0.3, -0.25) is 9.69 Å². The van der Waals surface area contributed by atoms with Gasteiger partial charge < -0.3 is 4.74 Å². The van der Waals surface area contributed by atoms with Gasteiger partial charge in [-0.2, -0.15) is 0 Å². The fraction of sp³-hybridized carbons (Fsp3) is 0.769. The van der Waals surface area contributed by atoms with Crippen LogP contribution in [0.15, 0.2) is 12.2 Å². The lowest BCUT2D eigenvalue weighted by molar-refractivity contribution is -0.149. The second kappa shape index (κ2) is 5.48. The van der Waals surface area contributed by atoms with Gasteiger partial charge in [-0.1, -0.05) is 18.6 Å². The molecular formula is C13H21NO2. The van der Waals surface area contributed by atoms with Crippen LogP contribution in [0.3, 0.4) is 0 Å². The molecule has 0 bridgehead atoms. The summed E-state index contributed by atoms with van der Waals surface area (Å²) in [4.78, 5) is 14.1. The Labute approximate surface area is 97.5 Å². The lowest BCUT2D eigenvalue weighted by atomic mass is 9.95. The van der Waals surface area contributed by atoms with Crippen molar-refractivity contribution in [2.24, 2.45) is 0 Å². The number of nitrogens with zero attached hydrogens (tertiary/aromatic N) is 1. The molecular weight excluding hydrogens is 202 g/mol. The van der Waals surface area contributed by atoms with Gasteiger partial charge in [0.1, 0.15) is 6.04 Å². The molecule has 0 spiro atoms. The van der Waals surface area contributed by atoms with Gasteiger partial charge in [0.2, 0.25) is 0 Å². The van der Waals surface area contributed by atoms with E-state index in [-0.39, 0.29) is 12.0 Å². The second-order valence-electron chi connectivity index (χ2n) is 4.70.